The van der Waals surface area contributed by atoms with E-state index in [9.17, 15) is 14.4 Å². The van der Waals surface area contributed by atoms with E-state index in [1.807, 2.05) is 43.5 Å². The van der Waals surface area contributed by atoms with Gasteiger partial charge >= 0.3 is 0 Å². The fraction of sp³-hybridized carbons (Fsp3) is 0.242. The molecule has 0 bridgehead atoms. The van der Waals surface area contributed by atoms with E-state index in [2.05, 4.69) is 55.9 Å². The molecule has 9 nitrogen and oxygen atoms in total. The zero-order valence-corrected chi connectivity index (χ0v) is 24.4. The molecule has 5 aromatic rings. The number of carbonyl (C=O) groups is 1. The number of fused-ring (bicyclic) bond motifs is 1. The molecule has 3 N–H and O–H groups in total. The van der Waals surface area contributed by atoms with Crippen molar-refractivity contribution in [1.29, 1.82) is 5.26 Å². The Labute approximate surface area is 249 Å². The highest BCUT2D eigenvalue weighted by molar-refractivity contribution is 5.99. The third-order valence-corrected chi connectivity index (χ3v) is 7.24. The first-order chi connectivity index (χ1) is 20.8. The van der Waals surface area contributed by atoms with Crippen LogP contribution in [-0.4, -0.2) is 51.6 Å². The van der Waals surface area contributed by atoms with Crippen molar-refractivity contribution in [2.24, 2.45) is 0 Å². The first kappa shape index (κ1) is 29.4. The Balaban J connectivity index is 1.27. The Morgan fingerprint density at radius 1 is 1.05 bits per heavy atom. The standard InChI is InChI=1S/C33H33FN8O/c1-21(24-10-12-27(34)13-11-24)39-33(43)29-15-23(17-35)19-37-31(29)36-18-22-6-8-25(9-7-22)26-16-28-30(5-4-14-42(2)3)40-41-32(28)38-20-26/h6-13,15-16,19-21H,4-5,14,18H2,1-3H3,(H,36,37)(H,39,43)(H,38,40,41). The first-order valence-corrected chi connectivity index (χ1v) is 14.1. The number of halogens is 1. The summed E-state index contributed by atoms with van der Waals surface area (Å²) >= 11 is 0. The fourth-order valence-electron chi connectivity index (χ4n) is 4.82. The fourth-order valence-corrected chi connectivity index (χ4v) is 4.82. The molecule has 1 atom stereocenters. The number of nitrogens with zero attached hydrogens (tertiary/aromatic N) is 5. The molecule has 0 spiro atoms. The van der Waals surface area contributed by atoms with Crippen molar-refractivity contribution in [3.63, 3.8) is 0 Å². The molecule has 5 rings (SSSR count). The average Bonchev–Trinajstić information content (AvgIpc) is 3.42. The van der Waals surface area contributed by atoms with Crippen molar-refractivity contribution >= 4 is 22.8 Å². The Morgan fingerprint density at radius 3 is 2.53 bits per heavy atom. The van der Waals surface area contributed by atoms with Crippen LogP contribution in [0.2, 0.25) is 0 Å². The zero-order valence-electron chi connectivity index (χ0n) is 24.4. The summed E-state index contributed by atoms with van der Waals surface area (Å²) < 4.78 is 13.3. The Morgan fingerprint density at radius 2 is 1.81 bits per heavy atom. The third kappa shape index (κ3) is 7.20. The molecular weight excluding hydrogens is 543 g/mol. The highest BCUT2D eigenvalue weighted by Gasteiger charge is 2.17. The number of anilines is 1. The summed E-state index contributed by atoms with van der Waals surface area (Å²) in [6.07, 6.45) is 5.17. The van der Waals surface area contributed by atoms with Crippen LogP contribution in [0, 0.1) is 17.1 Å². The second-order valence-corrected chi connectivity index (χ2v) is 10.7. The topological polar surface area (TPSA) is 123 Å². The second-order valence-electron chi connectivity index (χ2n) is 10.7. The number of benzene rings is 2. The van der Waals surface area contributed by atoms with Gasteiger partial charge in [0.1, 0.15) is 17.7 Å². The summed E-state index contributed by atoms with van der Waals surface area (Å²) in [5.41, 5.74) is 6.12. The lowest BCUT2D eigenvalue weighted by Gasteiger charge is -2.16. The van der Waals surface area contributed by atoms with Gasteiger partial charge in [-0.05, 0) is 81.4 Å². The quantitative estimate of drug-likeness (QED) is 0.186. The molecule has 3 heterocycles. The molecule has 43 heavy (non-hydrogen) atoms. The minimum absolute atomic E-state index is 0.255. The maximum absolute atomic E-state index is 13.3. The lowest BCUT2D eigenvalue weighted by molar-refractivity contribution is 0.0940. The molecule has 0 saturated heterocycles. The van der Waals surface area contributed by atoms with Crippen LogP contribution in [0.25, 0.3) is 22.2 Å². The van der Waals surface area contributed by atoms with Crippen molar-refractivity contribution in [3.05, 3.63) is 107 Å². The van der Waals surface area contributed by atoms with Crippen LogP contribution in [0.1, 0.15) is 52.1 Å². The van der Waals surface area contributed by atoms with Gasteiger partial charge in [0, 0.05) is 29.9 Å². The van der Waals surface area contributed by atoms with Crippen molar-refractivity contribution < 1.29 is 9.18 Å². The van der Waals surface area contributed by atoms with E-state index in [1.54, 1.807) is 12.1 Å². The summed E-state index contributed by atoms with van der Waals surface area (Å²) in [4.78, 5) is 24.3. The van der Waals surface area contributed by atoms with E-state index in [0.717, 1.165) is 58.4 Å². The third-order valence-electron chi connectivity index (χ3n) is 7.24. The number of amides is 1. The summed E-state index contributed by atoms with van der Waals surface area (Å²) in [5.74, 6) is -0.366. The first-order valence-electron chi connectivity index (χ1n) is 14.1. The van der Waals surface area contributed by atoms with E-state index in [0.29, 0.717) is 12.4 Å². The number of rotatable bonds is 11. The molecule has 0 saturated carbocycles. The number of nitrogens with one attached hydrogen (secondary N) is 3. The van der Waals surface area contributed by atoms with E-state index < -0.39 is 0 Å². The molecule has 0 radical (unpaired) electrons. The van der Waals surface area contributed by atoms with E-state index in [1.165, 1.54) is 24.4 Å². The van der Waals surface area contributed by atoms with Gasteiger partial charge < -0.3 is 15.5 Å². The largest absolute Gasteiger partial charge is 0.365 e. The van der Waals surface area contributed by atoms with E-state index >= 15 is 0 Å². The van der Waals surface area contributed by atoms with Crippen LogP contribution in [0.15, 0.2) is 73.1 Å². The average molecular weight is 577 g/mol. The SMILES string of the molecule is CC(NC(=O)c1cc(C#N)cnc1NCc1ccc(-c2cnc3[nH]nc(CCCN(C)C)c3c2)cc1)c1ccc(F)cc1. The number of nitriles is 1. The van der Waals surface area contributed by atoms with Gasteiger partial charge in [0.05, 0.1) is 22.9 Å². The molecule has 0 fully saturated rings. The van der Waals surface area contributed by atoms with E-state index in [-0.39, 0.29) is 28.9 Å². The van der Waals surface area contributed by atoms with Gasteiger partial charge in [-0.3, -0.25) is 9.89 Å². The van der Waals surface area contributed by atoms with Gasteiger partial charge in [-0.1, -0.05) is 36.4 Å². The molecule has 1 amide bonds. The Kier molecular flexibility index (Phi) is 9.03. The number of H-pyrrole nitrogens is 1. The molecule has 0 aliphatic rings. The maximum Gasteiger partial charge on any atom is 0.255 e. The summed E-state index contributed by atoms with van der Waals surface area (Å²) in [7, 11) is 4.13. The minimum Gasteiger partial charge on any atom is -0.365 e. The number of hydrogen-bond acceptors (Lipinski definition) is 7. The molecule has 10 heteroatoms. The van der Waals surface area contributed by atoms with Gasteiger partial charge in [-0.2, -0.15) is 10.4 Å². The molecule has 1 unspecified atom stereocenters. The highest BCUT2D eigenvalue weighted by Crippen LogP contribution is 2.25. The maximum atomic E-state index is 13.3. The molecule has 218 valence electrons. The lowest BCUT2D eigenvalue weighted by Crippen LogP contribution is -2.28. The molecule has 0 aliphatic carbocycles. The predicted octanol–water partition coefficient (Wildman–Crippen LogP) is 5.63. The smallest absolute Gasteiger partial charge is 0.255 e. The Hall–Kier alpha value is -5.14. The zero-order chi connectivity index (χ0) is 30.3. The second kappa shape index (κ2) is 13.2. The molecular formula is C33H33FN8O. The van der Waals surface area contributed by atoms with Crippen molar-refractivity contribution in [3.8, 4) is 17.2 Å². The van der Waals surface area contributed by atoms with Crippen molar-refractivity contribution in [1.82, 2.24) is 30.4 Å². The summed E-state index contributed by atoms with van der Waals surface area (Å²) in [6.45, 7) is 3.23. The molecule has 3 aromatic heterocycles. The van der Waals surface area contributed by atoms with Crippen LogP contribution in [0.4, 0.5) is 10.2 Å². The lowest BCUT2D eigenvalue weighted by atomic mass is 10.0. The van der Waals surface area contributed by atoms with E-state index in [4.69, 9.17) is 0 Å². The predicted molar refractivity (Wildman–Crippen MR) is 165 cm³/mol. The monoisotopic (exact) mass is 576 g/mol. The van der Waals surface area contributed by atoms with Crippen LogP contribution < -0.4 is 10.6 Å². The number of hydrogen-bond donors (Lipinski definition) is 3. The van der Waals surface area contributed by atoms with Gasteiger partial charge in [0.2, 0.25) is 0 Å². The minimum atomic E-state index is -0.387. The van der Waals surface area contributed by atoms with Crippen molar-refractivity contribution in [2.75, 3.05) is 26.0 Å². The number of carbonyl (C=O) groups excluding carboxylic acids is 1. The number of aromatic nitrogens is 4. The number of aryl methyl sites for hydroxylation is 1. The van der Waals surface area contributed by atoms with Crippen LogP contribution in [0.3, 0.4) is 0 Å². The van der Waals surface area contributed by atoms with Crippen LogP contribution in [-0.2, 0) is 13.0 Å². The van der Waals surface area contributed by atoms with Crippen molar-refractivity contribution in [2.45, 2.75) is 32.4 Å². The number of aromatic amines is 1. The number of pyridine rings is 2. The summed E-state index contributed by atoms with van der Waals surface area (Å²) in [5, 5.41) is 24.1. The molecule has 2 aromatic carbocycles. The van der Waals surface area contributed by atoms with Crippen LogP contribution >= 0.6 is 0 Å². The van der Waals surface area contributed by atoms with Gasteiger partial charge in [0.25, 0.3) is 5.91 Å². The van der Waals surface area contributed by atoms with Crippen LogP contribution in [0.5, 0.6) is 0 Å². The van der Waals surface area contributed by atoms with Gasteiger partial charge in [0.15, 0.2) is 5.65 Å². The Bertz CT molecular complexity index is 1760. The normalized spacial score (nSPS) is 11.8. The van der Waals surface area contributed by atoms with Gasteiger partial charge in [-0.15, -0.1) is 0 Å². The highest BCUT2D eigenvalue weighted by atomic mass is 19.1. The van der Waals surface area contributed by atoms with Gasteiger partial charge in [-0.25, -0.2) is 14.4 Å². The summed E-state index contributed by atoms with van der Waals surface area (Å²) in [6, 6.07) is 19.4. The molecule has 0 aliphatic heterocycles.